The Kier molecular flexibility index (Phi) is 7.27. The number of benzene rings is 2. The van der Waals surface area contributed by atoms with E-state index in [4.69, 9.17) is 14.2 Å². The fourth-order valence-electron chi connectivity index (χ4n) is 4.94. The zero-order valence-electron chi connectivity index (χ0n) is 19.5. The average molecular weight is 455 g/mol. The second kappa shape index (κ2) is 10.2. The summed E-state index contributed by atoms with van der Waals surface area (Å²) in [6.45, 7) is 2.02. The Labute approximate surface area is 195 Å². The maximum absolute atomic E-state index is 10.8. The molecule has 2 aliphatic rings. The molecule has 2 aromatic rings. The number of aliphatic hydroxyl groups excluding tert-OH is 3. The van der Waals surface area contributed by atoms with Crippen LogP contribution in [0.1, 0.15) is 54.0 Å². The van der Waals surface area contributed by atoms with Crippen molar-refractivity contribution in [3.63, 3.8) is 0 Å². The third kappa shape index (κ3) is 4.88. The number of hydrogen-bond acceptors (Lipinski definition) is 6. The van der Waals surface area contributed by atoms with Gasteiger partial charge in [0.25, 0.3) is 0 Å². The summed E-state index contributed by atoms with van der Waals surface area (Å²) in [7, 11) is 3.24. The molecule has 4 rings (SSSR count). The second-order valence-corrected chi connectivity index (χ2v) is 9.09. The van der Waals surface area contributed by atoms with Crippen molar-refractivity contribution in [1.82, 2.24) is 0 Å². The quantitative estimate of drug-likeness (QED) is 0.615. The number of hydrogen-bond donors (Lipinski definition) is 3. The molecule has 2 fully saturated rings. The summed E-state index contributed by atoms with van der Waals surface area (Å²) in [5.74, 6) is 2.08. The van der Waals surface area contributed by atoms with Gasteiger partial charge in [-0.3, -0.25) is 0 Å². The van der Waals surface area contributed by atoms with E-state index in [0.717, 1.165) is 48.1 Å². The molecule has 0 aromatic heterocycles. The number of rotatable bonds is 6. The lowest BCUT2D eigenvalue weighted by Gasteiger charge is -2.38. The lowest BCUT2D eigenvalue weighted by atomic mass is 9.88. The average Bonchev–Trinajstić information content (AvgIpc) is 3.34. The first-order valence-electron chi connectivity index (χ1n) is 11.6. The molecule has 1 aliphatic heterocycles. The van der Waals surface area contributed by atoms with Crippen LogP contribution in [-0.2, 0) is 11.2 Å². The van der Waals surface area contributed by atoms with Crippen LogP contribution in [0.3, 0.4) is 0 Å². The van der Waals surface area contributed by atoms with Gasteiger partial charge in [-0.15, -0.1) is 0 Å². The van der Waals surface area contributed by atoms with Crippen LogP contribution in [0.25, 0.3) is 0 Å². The zero-order valence-corrected chi connectivity index (χ0v) is 19.5. The molecule has 4 atom stereocenters. The Bertz CT molecular complexity index is 977. The highest BCUT2D eigenvalue weighted by Gasteiger charge is 2.43. The van der Waals surface area contributed by atoms with E-state index in [1.807, 2.05) is 49.4 Å². The first kappa shape index (κ1) is 23.6. The minimum atomic E-state index is -1.34. The predicted molar refractivity (Wildman–Crippen MR) is 125 cm³/mol. The Hall–Kier alpha value is -2.54. The van der Waals surface area contributed by atoms with Gasteiger partial charge in [-0.1, -0.05) is 37.1 Å². The van der Waals surface area contributed by atoms with Gasteiger partial charge in [-0.05, 0) is 55.0 Å². The third-order valence-electron chi connectivity index (χ3n) is 6.91. The minimum Gasteiger partial charge on any atom is -0.497 e. The SMILES string of the molecule is COc1ccc(Cc2c(C)ccc([C@@H]3O/C(=C\C4CCCC4)[C@@H](O)[C@H](O)[C@H]3O)c2OC)cc1. The van der Waals surface area contributed by atoms with E-state index >= 15 is 0 Å². The monoisotopic (exact) mass is 454 g/mol. The third-order valence-corrected chi connectivity index (χ3v) is 6.91. The van der Waals surface area contributed by atoms with E-state index in [1.54, 1.807) is 14.2 Å². The molecule has 3 N–H and O–H groups in total. The summed E-state index contributed by atoms with van der Waals surface area (Å²) in [6, 6.07) is 11.7. The Morgan fingerprint density at radius 2 is 1.64 bits per heavy atom. The van der Waals surface area contributed by atoms with Crippen molar-refractivity contribution in [2.24, 2.45) is 5.92 Å². The number of methoxy groups -OCH3 is 2. The molecule has 178 valence electrons. The van der Waals surface area contributed by atoms with Crippen LogP contribution < -0.4 is 9.47 Å². The molecular weight excluding hydrogens is 420 g/mol. The molecule has 0 bridgehead atoms. The summed E-state index contributed by atoms with van der Waals surface area (Å²) < 4.78 is 17.2. The van der Waals surface area contributed by atoms with E-state index in [2.05, 4.69) is 0 Å². The number of aryl methyl sites for hydroxylation is 1. The first-order chi connectivity index (χ1) is 15.9. The molecule has 2 aromatic carbocycles. The lowest BCUT2D eigenvalue weighted by molar-refractivity contribution is -0.158. The molecule has 1 aliphatic carbocycles. The largest absolute Gasteiger partial charge is 0.497 e. The Morgan fingerprint density at radius 1 is 0.939 bits per heavy atom. The first-order valence-corrected chi connectivity index (χ1v) is 11.6. The number of aliphatic hydroxyl groups is 3. The predicted octanol–water partition coefficient (Wildman–Crippen LogP) is 3.83. The molecule has 6 heteroatoms. The highest BCUT2D eigenvalue weighted by Crippen LogP contribution is 2.42. The van der Waals surface area contributed by atoms with Crippen LogP contribution in [0.4, 0.5) is 0 Å². The van der Waals surface area contributed by atoms with Gasteiger partial charge in [0.05, 0.1) is 14.2 Å². The van der Waals surface area contributed by atoms with E-state index < -0.39 is 24.4 Å². The molecule has 33 heavy (non-hydrogen) atoms. The van der Waals surface area contributed by atoms with Crippen molar-refractivity contribution in [3.8, 4) is 11.5 Å². The lowest BCUT2D eigenvalue weighted by Crippen LogP contribution is -2.48. The smallest absolute Gasteiger partial charge is 0.155 e. The fraction of sp³-hybridized carbons (Fsp3) is 0.481. The van der Waals surface area contributed by atoms with Gasteiger partial charge in [0.1, 0.15) is 35.6 Å². The van der Waals surface area contributed by atoms with Gasteiger partial charge in [-0.2, -0.15) is 0 Å². The standard InChI is InChI=1S/C27H34O6/c1-16-8-13-20(26(32-3)21(16)14-18-9-11-19(31-2)12-10-18)27-25(30)24(29)23(28)22(33-27)15-17-6-4-5-7-17/h8-13,15,17,23-25,27-30H,4-7,14H2,1-3H3/b22-15-/t23-,24+,25-,27+/m1/s1. The van der Waals surface area contributed by atoms with E-state index in [0.29, 0.717) is 29.4 Å². The summed E-state index contributed by atoms with van der Waals surface area (Å²) in [5, 5.41) is 32.0. The van der Waals surface area contributed by atoms with Crippen molar-refractivity contribution in [1.29, 1.82) is 0 Å². The van der Waals surface area contributed by atoms with Crippen molar-refractivity contribution in [2.75, 3.05) is 14.2 Å². The maximum Gasteiger partial charge on any atom is 0.155 e. The van der Waals surface area contributed by atoms with E-state index in [9.17, 15) is 15.3 Å². The van der Waals surface area contributed by atoms with Gasteiger partial charge in [-0.25, -0.2) is 0 Å². The van der Waals surface area contributed by atoms with Crippen molar-refractivity contribution in [3.05, 3.63) is 70.5 Å². The Balaban J connectivity index is 1.68. The second-order valence-electron chi connectivity index (χ2n) is 9.09. The zero-order chi connectivity index (χ0) is 23.5. The fourth-order valence-corrected chi connectivity index (χ4v) is 4.94. The maximum atomic E-state index is 10.8. The van der Waals surface area contributed by atoms with Crippen molar-refractivity contribution in [2.45, 2.75) is 63.4 Å². The van der Waals surface area contributed by atoms with Crippen LogP contribution in [0.2, 0.25) is 0 Å². The van der Waals surface area contributed by atoms with Crippen LogP contribution in [0.5, 0.6) is 11.5 Å². The van der Waals surface area contributed by atoms with E-state index in [-0.39, 0.29) is 0 Å². The molecule has 0 spiro atoms. The van der Waals surface area contributed by atoms with Gasteiger partial charge in [0, 0.05) is 17.5 Å². The van der Waals surface area contributed by atoms with Crippen molar-refractivity contribution >= 4 is 0 Å². The summed E-state index contributed by atoms with van der Waals surface area (Å²) in [6.07, 6.45) is 2.24. The van der Waals surface area contributed by atoms with Crippen LogP contribution in [-0.4, -0.2) is 47.9 Å². The summed E-state index contributed by atoms with van der Waals surface area (Å²) >= 11 is 0. The van der Waals surface area contributed by atoms with E-state index in [1.165, 1.54) is 0 Å². The highest BCUT2D eigenvalue weighted by molar-refractivity contribution is 5.50. The van der Waals surface area contributed by atoms with Gasteiger partial charge < -0.3 is 29.5 Å². The van der Waals surface area contributed by atoms with Gasteiger partial charge >= 0.3 is 0 Å². The minimum absolute atomic E-state index is 0.322. The number of allylic oxidation sites excluding steroid dienone is 1. The molecule has 1 saturated heterocycles. The molecule has 0 unspecified atom stereocenters. The molecule has 1 saturated carbocycles. The van der Waals surface area contributed by atoms with Gasteiger partial charge in [0.2, 0.25) is 0 Å². The molecule has 0 radical (unpaired) electrons. The number of ether oxygens (including phenoxy) is 3. The highest BCUT2D eigenvalue weighted by atomic mass is 16.5. The topological polar surface area (TPSA) is 88.4 Å². The molecule has 6 nitrogen and oxygen atoms in total. The van der Waals surface area contributed by atoms with Crippen LogP contribution >= 0.6 is 0 Å². The van der Waals surface area contributed by atoms with Gasteiger partial charge in [0.15, 0.2) is 6.10 Å². The molecule has 1 heterocycles. The summed E-state index contributed by atoms with van der Waals surface area (Å²) in [5.41, 5.74) is 3.79. The van der Waals surface area contributed by atoms with Crippen molar-refractivity contribution < 1.29 is 29.5 Å². The Morgan fingerprint density at radius 3 is 2.27 bits per heavy atom. The van der Waals surface area contributed by atoms with Crippen LogP contribution in [0, 0.1) is 12.8 Å². The molecular formula is C27H34O6. The summed E-state index contributed by atoms with van der Waals surface area (Å²) in [4.78, 5) is 0. The normalized spacial score (nSPS) is 26.9. The molecule has 0 amide bonds. The van der Waals surface area contributed by atoms with Crippen LogP contribution in [0.15, 0.2) is 48.2 Å².